The highest BCUT2D eigenvalue weighted by molar-refractivity contribution is 4.73. The van der Waals surface area contributed by atoms with Crippen LogP contribution < -0.4 is 0 Å². The first kappa shape index (κ1) is 17.9. The van der Waals surface area contributed by atoms with E-state index in [4.69, 9.17) is 14.2 Å². The monoisotopic (exact) mass is 288 g/mol. The van der Waals surface area contributed by atoms with Gasteiger partial charge in [0.05, 0.1) is 19.8 Å². The number of hydrogen-bond donors (Lipinski definition) is 0. The molecule has 5 nitrogen and oxygen atoms in total. The molecule has 5 heteroatoms. The van der Waals surface area contributed by atoms with Crippen molar-refractivity contribution >= 4 is 0 Å². The molecule has 2 fully saturated rings. The summed E-state index contributed by atoms with van der Waals surface area (Å²) in [7, 11) is 6.27. The summed E-state index contributed by atoms with van der Waals surface area (Å²) in [5.41, 5.74) is 0. The zero-order valence-electron chi connectivity index (χ0n) is 13.7. The minimum Gasteiger partial charge on any atom is -0.380 e. The molecule has 2 aliphatic heterocycles. The van der Waals surface area contributed by atoms with Gasteiger partial charge in [-0.05, 0) is 34.0 Å². The number of nitrogens with zero attached hydrogens (tertiary/aromatic N) is 2. The largest absolute Gasteiger partial charge is 0.380 e. The van der Waals surface area contributed by atoms with Crippen molar-refractivity contribution in [3.8, 4) is 0 Å². The zero-order chi connectivity index (χ0) is 14.8. The topological polar surface area (TPSA) is 34.2 Å². The second-order valence-electron chi connectivity index (χ2n) is 5.78. The van der Waals surface area contributed by atoms with E-state index in [1.165, 1.54) is 13.0 Å². The summed E-state index contributed by atoms with van der Waals surface area (Å²) in [4.78, 5) is 4.45. The van der Waals surface area contributed by atoms with Crippen molar-refractivity contribution in [2.75, 3.05) is 67.2 Å². The summed E-state index contributed by atoms with van der Waals surface area (Å²) < 4.78 is 16.4. The molecule has 2 rings (SSSR count). The third kappa shape index (κ3) is 6.99. The van der Waals surface area contributed by atoms with E-state index >= 15 is 0 Å². The van der Waals surface area contributed by atoms with E-state index in [-0.39, 0.29) is 5.79 Å². The molecule has 2 heterocycles. The van der Waals surface area contributed by atoms with Gasteiger partial charge >= 0.3 is 0 Å². The van der Waals surface area contributed by atoms with Crippen molar-refractivity contribution in [3.05, 3.63) is 0 Å². The highest BCUT2D eigenvalue weighted by Gasteiger charge is 2.33. The lowest BCUT2D eigenvalue weighted by molar-refractivity contribution is -0.165. The molecule has 0 saturated carbocycles. The first-order chi connectivity index (χ1) is 9.58. The smallest absolute Gasteiger partial charge is 0.169 e. The van der Waals surface area contributed by atoms with E-state index in [2.05, 4.69) is 37.9 Å². The molecule has 0 bridgehead atoms. The molecule has 120 valence electrons. The summed E-state index contributed by atoms with van der Waals surface area (Å²) in [6, 6.07) is 0. The Balaban J connectivity index is 0.000000217. The minimum atomic E-state index is -0.274. The van der Waals surface area contributed by atoms with Crippen molar-refractivity contribution in [1.29, 1.82) is 0 Å². The van der Waals surface area contributed by atoms with Crippen molar-refractivity contribution in [2.24, 2.45) is 0 Å². The second kappa shape index (κ2) is 9.68. The molecule has 0 amide bonds. The highest BCUT2D eigenvalue weighted by atomic mass is 16.7. The molecule has 0 aromatic rings. The average molecular weight is 288 g/mol. The average Bonchev–Trinajstić information content (AvgIpc) is 2.78. The van der Waals surface area contributed by atoms with Gasteiger partial charge in [0.2, 0.25) is 0 Å². The maximum Gasteiger partial charge on any atom is 0.169 e. The Morgan fingerprint density at radius 2 is 1.75 bits per heavy atom. The fraction of sp³-hybridized carbons (Fsp3) is 1.00. The van der Waals surface area contributed by atoms with Gasteiger partial charge in [-0.1, -0.05) is 6.92 Å². The Labute approximate surface area is 124 Å². The normalized spacial score (nSPS) is 23.2. The summed E-state index contributed by atoms with van der Waals surface area (Å²) in [5.74, 6) is -0.274. The van der Waals surface area contributed by atoms with Gasteiger partial charge in [0.15, 0.2) is 5.79 Å². The summed E-state index contributed by atoms with van der Waals surface area (Å²) >= 11 is 0. The fourth-order valence-corrected chi connectivity index (χ4v) is 2.29. The van der Waals surface area contributed by atoms with Gasteiger partial charge in [-0.15, -0.1) is 0 Å². The molecular formula is C15H32N2O3. The van der Waals surface area contributed by atoms with E-state index in [0.29, 0.717) is 0 Å². The number of ether oxygens (including phenoxy) is 3. The Morgan fingerprint density at radius 1 is 1.05 bits per heavy atom. The van der Waals surface area contributed by atoms with Crippen LogP contribution in [0.15, 0.2) is 0 Å². The number of likely N-dealkylation sites (N-methyl/N-ethyl adjacent to an activating group) is 1. The molecule has 0 aliphatic carbocycles. The van der Waals surface area contributed by atoms with Crippen molar-refractivity contribution in [1.82, 2.24) is 9.80 Å². The lowest BCUT2D eigenvalue weighted by Crippen LogP contribution is -2.33. The van der Waals surface area contributed by atoms with E-state index in [1.54, 1.807) is 0 Å². The van der Waals surface area contributed by atoms with Crippen LogP contribution in [0.5, 0.6) is 0 Å². The predicted octanol–water partition coefficient (Wildman–Crippen LogP) is 1.43. The first-order valence-electron chi connectivity index (χ1n) is 7.77. The van der Waals surface area contributed by atoms with Crippen LogP contribution in [0.1, 0.15) is 26.2 Å². The highest BCUT2D eigenvalue weighted by Crippen LogP contribution is 2.26. The Bertz CT molecular complexity index is 235. The van der Waals surface area contributed by atoms with Crippen LogP contribution in [0.25, 0.3) is 0 Å². The third-order valence-electron chi connectivity index (χ3n) is 3.74. The van der Waals surface area contributed by atoms with Gasteiger partial charge in [-0.2, -0.15) is 0 Å². The molecule has 2 aliphatic rings. The fourth-order valence-electron chi connectivity index (χ4n) is 2.29. The van der Waals surface area contributed by atoms with Crippen molar-refractivity contribution < 1.29 is 14.2 Å². The first-order valence-corrected chi connectivity index (χ1v) is 7.77. The van der Waals surface area contributed by atoms with Crippen LogP contribution in [0.2, 0.25) is 0 Å². The van der Waals surface area contributed by atoms with E-state index in [9.17, 15) is 0 Å². The van der Waals surface area contributed by atoms with Crippen LogP contribution in [0.3, 0.4) is 0 Å². The standard InChI is InChI=1S/C9H19NO2.C6H13NO/c1-4-9(5-6-10(2)3)11-7-8-12-9;1-7-3-2-5-8-6-4-7/h4-8H2,1-3H3;2-6H2,1H3. The minimum absolute atomic E-state index is 0.274. The Kier molecular flexibility index (Phi) is 8.64. The molecule has 0 N–H and O–H groups in total. The van der Waals surface area contributed by atoms with Gasteiger partial charge in [0.25, 0.3) is 0 Å². The van der Waals surface area contributed by atoms with Crippen LogP contribution in [0, 0.1) is 0 Å². The molecule has 0 aromatic carbocycles. The maximum absolute atomic E-state index is 5.59. The van der Waals surface area contributed by atoms with Crippen LogP contribution in [0.4, 0.5) is 0 Å². The molecule has 2 saturated heterocycles. The molecule has 20 heavy (non-hydrogen) atoms. The van der Waals surface area contributed by atoms with Crippen molar-refractivity contribution in [2.45, 2.75) is 32.0 Å². The summed E-state index contributed by atoms with van der Waals surface area (Å²) in [5, 5.41) is 0. The van der Waals surface area contributed by atoms with Gasteiger partial charge in [0.1, 0.15) is 0 Å². The van der Waals surface area contributed by atoms with E-state index < -0.39 is 0 Å². The van der Waals surface area contributed by atoms with Crippen molar-refractivity contribution in [3.63, 3.8) is 0 Å². The van der Waals surface area contributed by atoms with Gasteiger partial charge in [-0.3, -0.25) is 0 Å². The lowest BCUT2D eigenvalue weighted by Gasteiger charge is -2.27. The molecule has 0 unspecified atom stereocenters. The van der Waals surface area contributed by atoms with E-state index in [1.807, 2.05) is 0 Å². The van der Waals surface area contributed by atoms with E-state index in [0.717, 1.165) is 52.4 Å². The van der Waals surface area contributed by atoms with Gasteiger partial charge < -0.3 is 24.0 Å². The molecule has 0 aromatic heterocycles. The van der Waals surface area contributed by atoms with Crippen LogP contribution in [-0.4, -0.2) is 82.8 Å². The molecular weight excluding hydrogens is 256 g/mol. The Hall–Kier alpha value is -0.200. The van der Waals surface area contributed by atoms with Crippen LogP contribution >= 0.6 is 0 Å². The van der Waals surface area contributed by atoms with Gasteiger partial charge in [0, 0.05) is 32.7 Å². The summed E-state index contributed by atoms with van der Waals surface area (Å²) in [6.07, 6.45) is 3.10. The molecule has 0 atom stereocenters. The zero-order valence-corrected chi connectivity index (χ0v) is 13.7. The molecule has 0 radical (unpaired) electrons. The second-order valence-corrected chi connectivity index (χ2v) is 5.78. The lowest BCUT2D eigenvalue weighted by atomic mass is 10.1. The predicted molar refractivity (Wildman–Crippen MR) is 81.0 cm³/mol. The quantitative estimate of drug-likeness (QED) is 0.782. The third-order valence-corrected chi connectivity index (χ3v) is 3.74. The number of rotatable bonds is 4. The molecule has 0 spiro atoms. The van der Waals surface area contributed by atoms with Gasteiger partial charge in [-0.25, -0.2) is 0 Å². The van der Waals surface area contributed by atoms with Crippen LogP contribution in [-0.2, 0) is 14.2 Å². The number of hydrogen-bond acceptors (Lipinski definition) is 5. The Morgan fingerprint density at radius 3 is 2.35 bits per heavy atom. The maximum atomic E-state index is 5.59. The summed E-state index contributed by atoms with van der Waals surface area (Å²) in [6.45, 7) is 8.79. The SMILES string of the molecule is CCC1(CCN(C)C)OCCO1.CN1CCCOCC1.